The Morgan fingerprint density at radius 1 is 0.952 bits per heavy atom. The van der Waals surface area contributed by atoms with E-state index in [1.807, 2.05) is 26.0 Å². The van der Waals surface area contributed by atoms with Gasteiger partial charge in [0.15, 0.2) is 0 Å². The highest BCUT2D eigenvalue weighted by Crippen LogP contribution is 2.33. The highest BCUT2D eigenvalue weighted by Gasteiger charge is 2.33. The van der Waals surface area contributed by atoms with Crippen LogP contribution in [0.2, 0.25) is 0 Å². The van der Waals surface area contributed by atoms with Crippen molar-refractivity contribution in [3.63, 3.8) is 0 Å². The van der Waals surface area contributed by atoms with Crippen LogP contribution in [0, 0.1) is 6.92 Å². The molecular formula is C32H41N3O6S. The van der Waals surface area contributed by atoms with E-state index in [-0.39, 0.29) is 23.0 Å². The average molecular weight is 596 g/mol. The van der Waals surface area contributed by atoms with Crippen LogP contribution >= 0.6 is 0 Å². The number of anilines is 1. The van der Waals surface area contributed by atoms with Crippen molar-refractivity contribution in [1.82, 2.24) is 10.2 Å². The van der Waals surface area contributed by atoms with Gasteiger partial charge in [0.1, 0.15) is 24.1 Å². The van der Waals surface area contributed by atoms with Crippen molar-refractivity contribution in [3.8, 4) is 11.5 Å². The number of sulfonamides is 1. The monoisotopic (exact) mass is 595 g/mol. The van der Waals surface area contributed by atoms with Crippen LogP contribution in [0.5, 0.6) is 11.5 Å². The molecule has 226 valence electrons. The van der Waals surface area contributed by atoms with Crippen molar-refractivity contribution < 1.29 is 27.5 Å². The molecule has 0 aromatic heterocycles. The standard InChI is InChI=1S/C32H41N3O6S/c1-6-8-21-33-32(37)25(4)34(22-26-15-17-27(40-5)18-16-26)31(36)23-35(29-11-9-10-12-30(29)41-7-2)42(38,39)28-19-13-24(3)14-20-28/h9-20,25H,6-8,21-23H2,1-5H3,(H,33,37). The molecular weight excluding hydrogens is 554 g/mol. The molecule has 1 N–H and O–H groups in total. The minimum Gasteiger partial charge on any atom is -0.497 e. The lowest BCUT2D eigenvalue weighted by molar-refractivity contribution is -0.139. The Morgan fingerprint density at radius 2 is 1.62 bits per heavy atom. The van der Waals surface area contributed by atoms with E-state index >= 15 is 0 Å². The van der Waals surface area contributed by atoms with Gasteiger partial charge in [-0.1, -0.05) is 55.3 Å². The first-order valence-corrected chi connectivity index (χ1v) is 15.6. The largest absolute Gasteiger partial charge is 0.497 e. The molecule has 0 spiro atoms. The Bertz CT molecular complexity index is 1430. The molecule has 10 heteroatoms. The highest BCUT2D eigenvalue weighted by atomic mass is 32.2. The van der Waals surface area contributed by atoms with Gasteiger partial charge in [-0.2, -0.15) is 0 Å². The molecule has 1 atom stereocenters. The van der Waals surface area contributed by atoms with E-state index in [1.165, 1.54) is 17.0 Å². The lowest BCUT2D eigenvalue weighted by Crippen LogP contribution is -2.51. The van der Waals surface area contributed by atoms with Crippen LogP contribution in [0.15, 0.2) is 77.7 Å². The average Bonchev–Trinajstić information content (AvgIpc) is 2.99. The van der Waals surface area contributed by atoms with Gasteiger partial charge in [-0.15, -0.1) is 0 Å². The zero-order chi connectivity index (χ0) is 30.7. The molecule has 0 bridgehead atoms. The van der Waals surface area contributed by atoms with E-state index in [1.54, 1.807) is 69.5 Å². The minimum absolute atomic E-state index is 0.0410. The predicted octanol–water partition coefficient (Wildman–Crippen LogP) is 4.93. The summed E-state index contributed by atoms with van der Waals surface area (Å²) < 4.78 is 40.2. The van der Waals surface area contributed by atoms with Crippen molar-refractivity contribution >= 4 is 27.5 Å². The zero-order valence-corrected chi connectivity index (χ0v) is 25.8. The summed E-state index contributed by atoms with van der Waals surface area (Å²) in [6, 6.07) is 19.5. The molecule has 42 heavy (non-hydrogen) atoms. The second kappa shape index (κ2) is 15.3. The Balaban J connectivity index is 2.04. The van der Waals surface area contributed by atoms with Gasteiger partial charge in [-0.3, -0.25) is 13.9 Å². The number of para-hydroxylation sites is 2. The molecule has 2 amide bonds. The number of methoxy groups -OCH3 is 1. The summed E-state index contributed by atoms with van der Waals surface area (Å²) in [5.41, 5.74) is 1.90. The Morgan fingerprint density at radius 3 is 2.24 bits per heavy atom. The lowest BCUT2D eigenvalue weighted by Gasteiger charge is -2.32. The van der Waals surface area contributed by atoms with Crippen molar-refractivity contribution in [2.24, 2.45) is 0 Å². The number of rotatable bonds is 15. The molecule has 0 fully saturated rings. The van der Waals surface area contributed by atoms with Crippen molar-refractivity contribution in [2.75, 3.05) is 31.1 Å². The number of amides is 2. The summed E-state index contributed by atoms with van der Waals surface area (Å²) in [6.07, 6.45) is 1.72. The first-order chi connectivity index (χ1) is 20.1. The van der Waals surface area contributed by atoms with Crippen LogP contribution in [-0.4, -0.2) is 58.0 Å². The lowest BCUT2D eigenvalue weighted by atomic mass is 10.1. The molecule has 0 saturated heterocycles. The Hall–Kier alpha value is -4.05. The van der Waals surface area contributed by atoms with Gasteiger partial charge >= 0.3 is 0 Å². The molecule has 3 aromatic rings. The van der Waals surface area contributed by atoms with Gasteiger partial charge in [0.05, 0.1) is 24.3 Å². The minimum atomic E-state index is -4.20. The number of unbranched alkanes of at least 4 members (excludes halogenated alkanes) is 1. The second-order valence-electron chi connectivity index (χ2n) is 9.92. The van der Waals surface area contributed by atoms with E-state index in [2.05, 4.69) is 5.32 Å². The number of nitrogens with one attached hydrogen (secondary N) is 1. The number of aryl methyl sites for hydroxylation is 1. The number of nitrogens with zero attached hydrogens (tertiary/aromatic N) is 2. The first kappa shape index (κ1) is 32.5. The third kappa shape index (κ3) is 8.25. The van der Waals surface area contributed by atoms with Gasteiger partial charge in [0.2, 0.25) is 11.8 Å². The van der Waals surface area contributed by atoms with Gasteiger partial charge in [0.25, 0.3) is 10.0 Å². The van der Waals surface area contributed by atoms with E-state index in [0.717, 1.165) is 28.3 Å². The molecule has 3 rings (SSSR count). The van der Waals surface area contributed by atoms with Crippen LogP contribution in [-0.2, 0) is 26.2 Å². The molecule has 0 heterocycles. The summed E-state index contributed by atoms with van der Waals surface area (Å²) >= 11 is 0. The normalized spacial score (nSPS) is 11.8. The molecule has 0 radical (unpaired) electrons. The van der Waals surface area contributed by atoms with Gasteiger partial charge in [-0.05, 0) is 69.2 Å². The molecule has 9 nitrogen and oxygen atoms in total. The molecule has 0 aliphatic heterocycles. The van der Waals surface area contributed by atoms with Gasteiger partial charge in [0, 0.05) is 13.1 Å². The molecule has 0 aliphatic rings. The van der Waals surface area contributed by atoms with Crippen molar-refractivity contribution in [2.45, 2.75) is 58.0 Å². The molecule has 3 aromatic carbocycles. The smallest absolute Gasteiger partial charge is 0.264 e. The van der Waals surface area contributed by atoms with E-state index in [9.17, 15) is 18.0 Å². The molecule has 1 unspecified atom stereocenters. The summed E-state index contributed by atoms with van der Waals surface area (Å²) in [7, 11) is -2.63. The summed E-state index contributed by atoms with van der Waals surface area (Å²) in [6.45, 7) is 7.69. The number of benzene rings is 3. The van der Waals surface area contributed by atoms with Crippen molar-refractivity contribution in [1.29, 1.82) is 0 Å². The second-order valence-corrected chi connectivity index (χ2v) is 11.8. The molecule has 0 saturated carbocycles. The quantitative estimate of drug-likeness (QED) is 0.250. The zero-order valence-electron chi connectivity index (χ0n) is 25.0. The van der Waals surface area contributed by atoms with E-state index in [0.29, 0.717) is 24.7 Å². The number of carbonyl (C=O) groups excluding carboxylic acids is 2. The maximum atomic E-state index is 14.1. The fraction of sp³-hybridized carbons (Fsp3) is 0.375. The fourth-order valence-corrected chi connectivity index (χ4v) is 5.76. The fourth-order valence-electron chi connectivity index (χ4n) is 4.34. The third-order valence-corrected chi connectivity index (χ3v) is 8.60. The summed E-state index contributed by atoms with van der Waals surface area (Å²) in [5.74, 6) is 0.138. The SMILES string of the molecule is CCCCNC(=O)C(C)N(Cc1ccc(OC)cc1)C(=O)CN(c1ccccc1OCC)S(=O)(=O)c1ccc(C)cc1. The molecule has 0 aliphatic carbocycles. The van der Waals surface area contributed by atoms with Crippen LogP contribution in [0.3, 0.4) is 0 Å². The summed E-state index contributed by atoms with van der Waals surface area (Å²) in [4.78, 5) is 28.7. The predicted molar refractivity (Wildman–Crippen MR) is 164 cm³/mol. The number of hydrogen-bond donors (Lipinski definition) is 1. The van der Waals surface area contributed by atoms with Crippen LogP contribution in [0.25, 0.3) is 0 Å². The highest BCUT2D eigenvalue weighted by molar-refractivity contribution is 7.92. The number of hydrogen-bond acceptors (Lipinski definition) is 6. The van der Waals surface area contributed by atoms with Crippen LogP contribution < -0.4 is 19.1 Å². The Kier molecular flexibility index (Phi) is 11.8. The number of ether oxygens (including phenoxy) is 2. The topological polar surface area (TPSA) is 105 Å². The maximum Gasteiger partial charge on any atom is 0.264 e. The van der Waals surface area contributed by atoms with E-state index < -0.39 is 28.5 Å². The third-order valence-electron chi connectivity index (χ3n) is 6.83. The van der Waals surface area contributed by atoms with Crippen LogP contribution in [0.4, 0.5) is 5.69 Å². The van der Waals surface area contributed by atoms with Crippen LogP contribution in [0.1, 0.15) is 44.7 Å². The number of carbonyl (C=O) groups is 2. The summed E-state index contributed by atoms with van der Waals surface area (Å²) in [5, 5.41) is 2.89. The van der Waals surface area contributed by atoms with E-state index in [4.69, 9.17) is 9.47 Å². The first-order valence-electron chi connectivity index (χ1n) is 14.1. The van der Waals surface area contributed by atoms with Gasteiger partial charge < -0.3 is 19.7 Å². The van der Waals surface area contributed by atoms with Crippen molar-refractivity contribution in [3.05, 3.63) is 83.9 Å². The Labute approximate surface area is 249 Å². The van der Waals surface area contributed by atoms with Gasteiger partial charge in [-0.25, -0.2) is 8.42 Å². The maximum absolute atomic E-state index is 14.1.